The molecule has 1 aromatic heterocycles. The summed E-state index contributed by atoms with van der Waals surface area (Å²) in [6.07, 6.45) is 9.18. The molecule has 0 radical (unpaired) electrons. The quantitative estimate of drug-likeness (QED) is 0.665. The van der Waals surface area contributed by atoms with Gasteiger partial charge in [0.2, 0.25) is 0 Å². The zero-order valence-electron chi connectivity index (χ0n) is 12.0. The number of aryl methyl sites for hydroxylation is 1. The van der Waals surface area contributed by atoms with Crippen LogP contribution in [-0.4, -0.2) is 9.97 Å². The molecule has 2 bridgehead atoms. The predicted molar refractivity (Wildman–Crippen MR) is 83.3 cm³/mol. The average Bonchev–Trinajstić information content (AvgIpc) is 3.18. The second-order valence-electron chi connectivity index (χ2n) is 6.24. The van der Waals surface area contributed by atoms with Crippen LogP contribution in [0.4, 0.5) is 0 Å². The number of benzene rings is 1. The number of aromatic amines is 1. The Kier molecular flexibility index (Phi) is 2.71. The monoisotopic (exact) mass is 275 g/mol. The Morgan fingerprint density at radius 1 is 1.38 bits per heavy atom. The van der Waals surface area contributed by atoms with Crippen molar-refractivity contribution in [2.75, 3.05) is 0 Å². The highest BCUT2D eigenvalue weighted by Crippen LogP contribution is 2.44. The van der Waals surface area contributed by atoms with Gasteiger partial charge in [0.15, 0.2) is 0 Å². The fourth-order valence-corrected chi connectivity index (χ4v) is 3.65. The summed E-state index contributed by atoms with van der Waals surface area (Å²) in [7, 11) is 0. The molecular formula is C18H17N3. The van der Waals surface area contributed by atoms with E-state index in [0.29, 0.717) is 23.2 Å². The molecule has 4 rings (SSSR count). The second kappa shape index (κ2) is 4.60. The van der Waals surface area contributed by atoms with Crippen LogP contribution in [0.3, 0.4) is 0 Å². The van der Waals surface area contributed by atoms with Gasteiger partial charge >= 0.3 is 0 Å². The first-order valence-electron chi connectivity index (χ1n) is 7.50. The summed E-state index contributed by atoms with van der Waals surface area (Å²) in [5.74, 6) is 2.52. The summed E-state index contributed by atoms with van der Waals surface area (Å²) < 4.78 is 0. The maximum Gasteiger partial charge on any atom is 0.148 e. The molecule has 1 N–H and O–H groups in total. The third kappa shape index (κ3) is 2.08. The first-order chi connectivity index (χ1) is 10.2. The summed E-state index contributed by atoms with van der Waals surface area (Å²) >= 11 is 0. The summed E-state index contributed by atoms with van der Waals surface area (Å²) in [6, 6.07) is 8.44. The number of nitriles is 1. The molecule has 104 valence electrons. The Morgan fingerprint density at radius 2 is 2.29 bits per heavy atom. The van der Waals surface area contributed by atoms with Crippen molar-refractivity contribution >= 4 is 16.6 Å². The van der Waals surface area contributed by atoms with Gasteiger partial charge in [-0.25, -0.2) is 4.98 Å². The Bertz CT molecular complexity index is 803. The highest BCUT2D eigenvalue weighted by molar-refractivity contribution is 5.82. The minimum Gasteiger partial charge on any atom is -0.337 e. The number of nitrogens with one attached hydrogen (secondary N) is 1. The van der Waals surface area contributed by atoms with Crippen molar-refractivity contribution in [2.45, 2.75) is 19.8 Å². The van der Waals surface area contributed by atoms with E-state index in [4.69, 9.17) is 0 Å². The van der Waals surface area contributed by atoms with Gasteiger partial charge in [0.25, 0.3) is 0 Å². The SMILES string of the molecule is Cc1ccc2nc(/C(C#N)=C\[C@@H]3C[C@H]4C=C[C@@H]3C4)[nH]c2c1. The molecule has 3 nitrogen and oxygen atoms in total. The van der Waals surface area contributed by atoms with Crippen molar-refractivity contribution < 1.29 is 0 Å². The maximum absolute atomic E-state index is 9.49. The van der Waals surface area contributed by atoms with Crippen molar-refractivity contribution in [3.63, 3.8) is 0 Å². The summed E-state index contributed by atoms with van der Waals surface area (Å²) in [4.78, 5) is 7.85. The molecule has 3 heteroatoms. The molecule has 1 aromatic carbocycles. The molecule has 1 heterocycles. The second-order valence-corrected chi connectivity index (χ2v) is 6.24. The van der Waals surface area contributed by atoms with E-state index in [1.807, 2.05) is 12.1 Å². The molecule has 21 heavy (non-hydrogen) atoms. The van der Waals surface area contributed by atoms with E-state index in [9.17, 15) is 5.26 Å². The van der Waals surface area contributed by atoms with Crippen molar-refractivity contribution in [1.82, 2.24) is 9.97 Å². The van der Waals surface area contributed by atoms with Gasteiger partial charge in [-0.05, 0) is 55.2 Å². The number of allylic oxidation sites excluding steroid dienone is 4. The molecule has 0 amide bonds. The molecule has 2 aliphatic carbocycles. The summed E-state index contributed by atoms with van der Waals surface area (Å²) in [5.41, 5.74) is 3.79. The van der Waals surface area contributed by atoms with Crippen LogP contribution < -0.4 is 0 Å². The van der Waals surface area contributed by atoms with E-state index >= 15 is 0 Å². The minimum atomic E-state index is 0.490. The van der Waals surface area contributed by atoms with E-state index in [2.05, 4.69) is 47.3 Å². The van der Waals surface area contributed by atoms with Crippen molar-refractivity contribution in [3.8, 4) is 6.07 Å². The van der Waals surface area contributed by atoms with Gasteiger partial charge in [0.05, 0.1) is 16.6 Å². The van der Waals surface area contributed by atoms with Crippen molar-refractivity contribution in [1.29, 1.82) is 5.26 Å². The molecule has 1 fully saturated rings. The zero-order chi connectivity index (χ0) is 14.4. The van der Waals surface area contributed by atoms with E-state index in [1.54, 1.807) is 0 Å². The van der Waals surface area contributed by atoms with Gasteiger partial charge in [-0.3, -0.25) is 0 Å². The molecule has 0 unspecified atom stereocenters. The lowest BCUT2D eigenvalue weighted by atomic mass is 9.91. The summed E-state index contributed by atoms with van der Waals surface area (Å²) in [5, 5.41) is 9.49. The Labute approximate surface area is 124 Å². The third-order valence-electron chi connectivity index (χ3n) is 4.72. The van der Waals surface area contributed by atoms with E-state index < -0.39 is 0 Å². The molecule has 2 aliphatic rings. The number of hydrogen-bond acceptors (Lipinski definition) is 2. The van der Waals surface area contributed by atoms with Gasteiger partial charge in [-0.15, -0.1) is 0 Å². The van der Waals surface area contributed by atoms with Gasteiger partial charge in [-0.1, -0.05) is 24.3 Å². The van der Waals surface area contributed by atoms with Crippen LogP contribution >= 0.6 is 0 Å². The van der Waals surface area contributed by atoms with Crippen molar-refractivity contribution in [3.05, 3.63) is 47.8 Å². The van der Waals surface area contributed by atoms with E-state index in [0.717, 1.165) is 17.0 Å². The van der Waals surface area contributed by atoms with Gasteiger partial charge in [0.1, 0.15) is 11.9 Å². The molecular weight excluding hydrogens is 258 g/mol. The third-order valence-corrected chi connectivity index (χ3v) is 4.72. The van der Waals surface area contributed by atoms with Gasteiger partial charge in [-0.2, -0.15) is 5.26 Å². The van der Waals surface area contributed by atoms with Crippen LogP contribution in [0.15, 0.2) is 36.4 Å². The van der Waals surface area contributed by atoms with Crippen LogP contribution in [0.25, 0.3) is 16.6 Å². The molecule has 0 spiro atoms. The van der Waals surface area contributed by atoms with E-state index in [1.165, 1.54) is 18.4 Å². The minimum absolute atomic E-state index is 0.490. The Morgan fingerprint density at radius 3 is 3.00 bits per heavy atom. The number of nitrogens with zero attached hydrogens (tertiary/aromatic N) is 2. The lowest BCUT2D eigenvalue weighted by Gasteiger charge is -2.13. The first-order valence-corrected chi connectivity index (χ1v) is 7.50. The van der Waals surface area contributed by atoms with Crippen LogP contribution in [0.5, 0.6) is 0 Å². The van der Waals surface area contributed by atoms with Crippen LogP contribution in [-0.2, 0) is 0 Å². The predicted octanol–water partition coefficient (Wildman–Crippen LogP) is 3.99. The number of H-pyrrole nitrogens is 1. The fourth-order valence-electron chi connectivity index (χ4n) is 3.65. The van der Waals surface area contributed by atoms with Crippen LogP contribution in [0.1, 0.15) is 24.2 Å². The normalized spacial score (nSPS) is 27.4. The average molecular weight is 275 g/mol. The van der Waals surface area contributed by atoms with Gasteiger partial charge in [0, 0.05) is 0 Å². The van der Waals surface area contributed by atoms with Crippen molar-refractivity contribution in [2.24, 2.45) is 17.8 Å². The smallest absolute Gasteiger partial charge is 0.148 e. The first kappa shape index (κ1) is 12.4. The number of aromatic nitrogens is 2. The molecule has 3 atom stereocenters. The standard InChI is InChI=1S/C18H17N3/c1-11-2-5-16-17(6-11)21-18(20-16)15(10-19)9-14-8-12-3-4-13(14)7-12/h2-6,9,12-14H,7-8H2,1H3,(H,20,21)/b15-9-/t12-,13+,14-/m0/s1. The molecule has 2 aromatic rings. The molecule has 0 saturated heterocycles. The highest BCUT2D eigenvalue weighted by atomic mass is 14.9. The lowest BCUT2D eigenvalue weighted by molar-refractivity contribution is 0.551. The zero-order valence-corrected chi connectivity index (χ0v) is 12.0. The number of hydrogen-bond donors (Lipinski definition) is 1. The number of fused-ring (bicyclic) bond motifs is 3. The molecule has 0 aliphatic heterocycles. The summed E-state index contributed by atoms with van der Waals surface area (Å²) in [6.45, 7) is 2.06. The maximum atomic E-state index is 9.49. The highest BCUT2D eigenvalue weighted by Gasteiger charge is 2.34. The van der Waals surface area contributed by atoms with Gasteiger partial charge < -0.3 is 4.98 Å². The lowest BCUT2D eigenvalue weighted by Crippen LogP contribution is -2.04. The largest absolute Gasteiger partial charge is 0.337 e. The number of rotatable bonds is 2. The Balaban J connectivity index is 1.71. The number of imidazole rings is 1. The topological polar surface area (TPSA) is 52.5 Å². The van der Waals surface area contributed by atoms with Crippen LogP contribution in [0.2, 0.25) is 0 Å². The fraction of sp³-hybridized carbons (Fsp3) is 0.333. The van der Waals surface area contributed by atoms with E-state index in [-0.39, 0.29) is 0 Å². The van der Waals surface area contributed by atoms with Crippen LogP contribution in [0, 0.1) is 36.0 Å². The molecule has 1 saturated carbocycles. The Hall–Kier alpha value is -2.34.